The normalized spacial score (nSPS) is 11.0. The van der Waals surface area contributed by atoms with Gasteiger partial charge in [0, 0.05) is 17.8 Å². The van der Waals surface area contributed by atoms with E-state index < -0.39 is 0 Å². The minimum absolute atomic E-state index is 0.0764. The maximum Gasteiger partial charge on any atom is 0.200 e. The summed E-state index contributed by atoms with van der Waals surface area (Å²) < 4.78 is 5.48. The zero-order chi connectivity index (χ0) is 15.7. The van der Waals surface area contributed by atoms with E-state index in [0.717, 1.165) is 11.3 Å². The number of fused-ring (bicyclic) bond motifs is 1. The molecule has 3 aromatic rings. The second-order valence-electron chi connectivity index (χ2n) is 5.54. The van der Waals surface area contributed by atoms with Gasteiger partial charge in [0.15, 0.2) is 5.43 Å². The van der Waals surface area contributed by atoms with Crippen LogP contribution in [0, 0.1) is 0 Å². The molecule has 0 unspecified atom stereocenters. The first-order valence-electron chi connectivity index (χ1n) is 7.16. The van der Waals surface area contributed by atoms with Gasteiger partial charge in [-0.05, 0) is 43.7 Å². The average molecular weight is 295 g/mol. The molecular weight excluding hydrogens is 278 g/mol. The van der Waals surface area contributed by atoms with Crippen LogP contribution in [0.2, 0.25) is 0 Å². The van der Waals surface area contributed by atoms with Gasteiger partial charge in [-0.3, -0.25) is 4.79 Å². The molecule has 22 heavy (non-hydrogen) atoms. The smallest absolute Gasteiger partial charge is 0.200 e. The van der Waals surface area contributed by atoms with Crippen molar-refractivity contribution >= 4 is 16.7 Å². The van der Waals surface area contributed by atoms with Crippen LogP contribution in [0.25, 0.3) is 22.1 Å². The Morgan fingerprint density at radius 2 is 1.82 bits per heavy atom. The number of phenolic OH excluding ortho intramolecular Hbond substituents is 1. The third kappa shape index (κ3) is 2.68. The molecule has 0 aliphatic rings. The summed E-state index contributed by atoms with van der Waals surface area (Å²) in [5.41, 5.74) is 2.60. The fourth-order valence-electron chi connectivity index (χ4n) is 2.40. The molecule has 0 aliphatic carbocycles. The lowest BCUT2D eigenvalue weighted by atomic mass is 10.0. The van der Waals surface area contributed by atoms with E-state index in [1.807, 2.05) is 24.3 Å². The van der Waals surface area contributed by atoms with Crippen LogP contribution >= 0.6 is 0 Å². The Balaban J connectivity index is 2.05. The first-order chi connectivity index (χ1) is 10.5. The fourth-order valence-corrected chi connectivity index (χ4v) is 2.40. The summed E-state index contributed by atoms with van der Waals surface area (Å²) >= 11 is 0. The minimum Gasteiger partial charge on any atom is -0.508 e. The average Bonchev–Trinajstić information content (AvgIpc) is 2.48. The van der Waals surface area contributed by atoms with E-state index in [4.69, 9.17) is 4.42 Å². The quantitative estimate of drug-likeness (QED) is 0.767. The first-order valence-corrected chi connectivity index (χ1v) is 7.16. The van der Waals surface area contributed by atoms with Gasteiger partial charge in [-0.25, -0.2) is 0 Å². The number of rotatable bonds is 3. The first kappa shape index (κ1) is 14.2. The molecule has 0 spiro atoms. The number of benzene rings is 2. The SMILES string of the molecule is CC(C)Nc1ccc(-c2coc3cc(O)ccc3c2=O)cc1. The van der Waals surface area contributed by atoms with E-state index in [-0.39, 0.29) is 11.2 Å². The fraction of sp³-hybridized carbons (Fsp3) is 0.167. The van der Waals surface area contributed by atoms with E-state index in [9.17, 15) is 9.90 Å². The molecule has 0 radical (unpaired) electrons. The van der Waals surface area contributed by atoms with E-state index in [2.05, 4.69) is 19.2 Å². The Hall–Kier alpha value is -2.75. The zero-order valence-electron chi connectivity index (χ0n) is 12.5. The molecule has 0 atom stereocenters. The predicted octanol–water partition coefficient (Wildman–Crippen LogP) is 3.99. The molecule has 2 aromatic carbocycles. The van der Waals surface area contributed by atoms with E-state index in [0.29, 0.717) is 22.6 Å². The molecule has 4 nitrogen and oxygen atoms in total. The van der Waals surface area contributed by atoms with Crippen molar-refractivity contribution < 1.29 is 9.52 Å². The maximum atomic E-state index is 12.5. The molecule has 3 rings (SSSR count). The molecular formula is C18H17NO3. The van der Waals surface area contributed by atoms with Crippen LogP contribution in [0.1, 0.15) is 13.8 Å². The highest BCUT2D eigenvalue weighted by molar-refractivity contribution is 5.82. The molecule has 0 fully saturated rings. The lowest BCUT2D eigenvalue weighted by molar-refractivity contribution is 0.474. The van der Waals surface area contributed by atoms with E-state index >= 15 is 0 Å². The molecule has 112 valence electrons. The van der Waals surface area contributed by atoms with Crippen molar-refractivity contribution in [2.45, 2.75) is 19.9 Å². The summed E-state index contributed by atoms with van der Waals surface area (Å²) in [5, 5.41) is 13.2. The summed E-state index contributed by atoms with van der Waals surface area (Å²) in [7, 11) is 0. The van der Waals surface area contributed by atoms with Gasteiger partial charge in [0.2, 0.25) is 0 Å². The van der Waals surface area contributed by atoms with Crippen LogP contribution in [0.15, 0.2) is 57.9 Å². The molecule has 0 aliphatic heterocycles. The van der Waals surface area contributed by atoms with Crippen molar-refractivity contribution in [3.63, 3.8) is 0 Å². The molecule has 1 heterocycles. The highest BCUT2D eigenvalue weighted by atomic mass is 16.3. The maximum absolute atomic E-state index is 12.5. The summed E-state index contributed by atoms with van der Waals surface area (Å²) in [4.78, 5) is 12.5. The molecule has 0 saturated carbocycles. The Bertz CT molecular complexity index is 864. The van der Waals surface area contributed by atoms with Crippen molar-refractivity contribution in [2.24, 2.45) is 0 Å². The van der Waals surface area contributed by atoms with Gasteiger partial charge in [0.05, 0.1) is 10.9 Å². The van der Waals surface area contributed by atoms with E-state index in [1.165, 1.54) is 18.4 Å². The number of hydrogen-bond donors (Lipinski definition) is 2. The van der Waals surface area contributed by atoms with Gasteiger partial charge < -0.3 is 14.8 Å². The van der Waals surface area contributed by atoms with Crippen LogP contribution in [-0.2, 0) is 0 Å². The van der Waals surface area contributed by atoms with Crippen LogP contribution in [-0.4, -0.2) is 11.1 Å². The Kier molecular flexibility index (Phi) is 3.59. The Labute approximate surface area is 128 Å². The highest BCUT2D eigenvalue weighted by Crippen LogP contribution is 2.23. The standard InChI is InChI=1S/C18H17NO3/c1-11(2)19-13-5-3-12(4-6-13)16-10-22-17-9-14(20)7-8-15(17)18(16)21/h3-11,19-20H,1-2H3. The summed E-state index contributed by atoms with van der Waals surface area (Å²) in [5.74, 6) is 0.0764. The van der Waals surface area contributed by atoms with Gasteiger partial charge in [0.25, 0.3) is 0 Å². The van der Waals surface area contributed by atoms with Gasteiger partial charge in [-0.2, -0.15) is 0 Å². The molecule has 0 bridgehead atoms. The molecule has 0 saturated heterocycles. The van der Waals surface area contributed by atoms with Crippen LogP contribution in [0.4, 0.5) is 5.69 Å². The lowest BCUT2D eigenvalue weighted by Crippen LogP contribution is -2.09. The van der Waals surface area contributed by atoms with Gasteiger partial charge in [0.1, 0.15) is 17.6 Å². The van der Waals surface area contributed by atoms with Crippen LogP contribution in [0.3, 0.4) is 0 Å². The molecule has 1 aromatic heterocycles. The van der Waals surface area contributed by atoms with Crippen molar-refractivity contribution in [2.75, 3.05) is 5.32 Å². The van der Waals surface area contributed by atoms with Crippen molar-refractivity contribution in [1.29, 1.82) is 0 Å². The number of aromatic hydroxyl groups is 1. The zero-order valence-corrected chi connectivity index (χ0v) is 12.5. The number of nitrogens with one attached hydrogen (secondary N) is 1. The van der Waals surface area contributed by atoms with Gasteiger partial charge >= 0.3 is 0 Å². The number of anilines is 1. The highest BCUT2D eigenvalue weighted by Gasteiger charge is 2.09. The number of phenols is 1. The predicted molar refractivity (Wildman–Crippen MR) is 88.3 cm³/mol. The molecule has 4 heteroatoms. The lowest BCUT2D eigenvalue weighted by Gasteiger charge is -2.10. The second kappa shape index (κ2) is 5.56. The largest absolute Gasteiger partial charge is 0.508 e. The second-order valence-corrected chi connectivity index (χ2v) is 5.54. The Morgan fingerprint density at radius 1 is 1.09 bits per heavy atom. The minimum atomic E-state index is -0.106. The third-order valence-electron chi connectivity index (χ3n) is 3.41. The van der Waals surface area contributed by atoms with Gasteiger partial charge in [-0.15, -0.1) is 0 Å². The monoisotopic (exact) mass is 295 g/mol. The van der Waals surface area contributed by atoms with Crippen LogP contribution in [0.5, 0.6) is 5.75 Å². The number of hydrogen-bond acceptors (Lipinski definition) is 4. The van der Waals surface area contributed by atoms with Crippen molar-refractivity contribution in [1.82, 2.24) is 0 Å². The van der Waals surface area contributed by atoms with Crippen molar-refractivity contribution in [3.8, 4) is 16.9 Å². The summed E-state index contributed by atoms with van der Waals surface area (Å²) in [6.45, 7) is 4.14. The summed E-state index contributed by atoms with van der Waals surface area (Å²) in [6, 6.07) is 12.5. The van der Waals surface area contributed by atoms with E-state index in [1.54, 1.807) is 6.07 Å². The molecule has 0 amide bonds. The molecule has 2 N–H and O–H groups in total. The summed E-state index contributed by atoms with van der Waals surface area (Å²) in [6.07, 6.45) is 1.44. The third-order valence-corrected chi connectivity index (χ3v) is 3.41. The van der Waals surface area contributed by atoms with Crippen molar-refractivity contribution in [3.05, 3.63) is 59.0 Å². The Morgan fingerprint density at radius 3 is 2.50 bits per heavy atom. The van der Waals surface area contributed by atoms with Crippen LogP contribution < -0.4 is 10.7 Å². The topological polar surface area (TPSA) is 62.5 Å². The van der Waals surface area contributed by atoms with Gasteiger partial charge in [-0.1, -0.05) is 12.1 Å².